The van der Waals surface area contributed by atoms with Gasteiger partial charge in [0.05, 0.1) is 6.20 Å². The highest BCUT2D eigenvalue weighted by Gasteiger charge is 2.08. The van der Waals surface area contributed by atoms with Gasteiger partial charge in [-0.05, 0) is 59.1 Å². The lowest BCUT2D eigenvalue weighted by Crippen LogP contribution is -2.18. The molecule has 2 rings (SSSR count). The summed E-state index contributed by atoms with van der Waals surface area (Å²) >= 11 is 9.37. The van der Waals surface area contributed by atoms with Crippen LogP contribution in [0, 0.1) is 0 Å². The summed E-state index contributed by atoms with van der Waals surface area (Å²) in [6, 6.07) is 7.43. The van der Waals surface area contributed by atoms with E-state index in [4.69, 9.17) is 22.1 Å². The van der Waals surface area contributed by atoms with Gasteiger partial charge in [-0.2, -0.15) is 0 Å². The minimum Gasteiger partial charge on any atom is -0.455 e. The van der Waals surface area contributed by atoms with E-state index in [1.165, 1.54) is 0 Å². The number of aromatic nitrogens is 1. The van der Waals surface area contributed by atoms with Crippen LogP contribution in [0.3, 0.4) is 0 Å². The zero-order chi connectivity index (χ0) is 13.8. The van der Waals surface area contributed by atoms with Crippen LogP contribution in [0.1, 0.15) is 12.5 Å². The van der Waals surface area contributed by atoms with Crippen LogP contribution in [0.4, 0.5) is 0 Å². The second-order valence-corrected chi connectivity index (χ2v) is 5.73. The number of halogens is 2. The topological polar surface area (TPSA) is 48.1 Å². The third-order valence-electron chi connectivity index (χ3n) is 2.47. The molecule has 0 radical (unpaired) electrons. The summed E-state index contributed by atoms with van der Waals surface area (Å²) in [7, 11) is 0. The molecule has 0 saturated carbocycles. The number of benzene rings is 1. The van der Waals surface area contributed by atoms with E-state index in [0.29, 0.717) is 17.2 Å². The first-order valence-electron chi connectivity index (χ1n) is 5.87. The van der Waals surface area contributed by atoms with Gasteiger partial charge >= 0.3 is 0 Å². The van der Waals surface area contributed by atoms with Crippen molar-refractivity contribution in [1.29, 1.82) is 0 Å². The van der Waals surface area contributed by atoms with Gasteiger partial charge in [-0.15, -0.1) is 0 Å². The normalized spacial score (nSPS) is 12.2. The first kappa shape index (κ1) is 14.3. The molecule has 0 fully saturated rings. The molecule has 0 saturated heterocycles. The van der Waals surface area contributed by atoms with Crippen LogP contribution in [-0.2, 0) is 6.42 Å². The summed E-state index contributed by atoms with van der Waals surface area (Å²) < 4.78 is 6.71. The standard InChI is InChI=1S/C14H14BrClN2O/c1-9(17)4-10-5-12(16)2-3-14(10)19-13-6-11(15)7-18-8-13/h2-3,5-9H,4,17H2,1H3. The number of pyridine rings is 1. The van der Waals surface area contributed by atoms with Crippen LogP contribution < -0.4 is 10.5 Å². The summed E-state index contributed by atoms with van der Waals surface area (Å²) in [6.07, 6.45) is 4.07. The highest BCUT2D eigenvalue weighted by molar-refractivity contribution is 9.10. The van der Waals surface area contributed by atoms with E-state index in [2.05, 4.69) is 20.9 Å². The molecule has 1 heterocycles. The van der Waals surface area contributed by atoms with Crippen LogP contribution in [-0.4, -0.2) is 11.0 Å². The van der Waals surface area contributed by atoms with Gasteiger partial charge in [0, 0.05) is 21.7 Å². The predicted molar refractivity (Wildman–Crippen MR) is 80.8 cm³/mol. The van der Waals surface area contributed by atoms with Crippen LogP contribution in [0.25, 0.3) is 0 Å². The van der Waals surface area contributed by atoms with Gasteiger partial charge in [0.25, 0.3) is 0 Å². The molecule has 2 N–H and O–H groups in total. The van der Waals surface area contributed by atoms with Gasteiger partial charge < -0.3 is 10.5 Å². The SMILES string of the molecule is CC(N)Cc1cc(Cl)ccc1Oc1cncc(Br)c1. The Balaban J connectivity index is 2.28. The summed E-state index contributed by atoms with van der Waals surface area (Å²) in [5.74, 6) is 1.42. The maximum absolute atomic E-state index is 6.01. The molecule has 1 atom stereocenters. The van der Waals surface area contributed by atoms with Crippen molar-refractivity contribution in [3.05, 3.63) is 51.7 Å². The number of rotatable bonds is 4. The largest absolute Gasteiger partial charge is 0.455 e. The molecule has 1 aromatic carbocycles. The zero-order valence-corrected chi connectivity index (χ0v) is 12.8. The summed E-state index contributed by atoms with van der Waals surface area (Å²) in [4.78, 5) is 4.07. The molecular formula is C14H14BrClN2O. The molecule has 0 aliphatic rings. The Kier molecular flexibility index (Phi) is 4.80. The Morgan fingerprint density at radius 2 is 2.16 bits per heavy atom. The Hall–Kier alpha value is -1.10. The van der Waals surface area contributed by atoms with E-state index < -0.39 is 0 Å². The molecule has 19 heavy (non-hydrogen) atoms. The third-order valence-corrected chi connectivity index (χ3v) is 3.14. The molecule has 0 bridgehead atoms. The monoisotopic (exact) mass is 340 g/mol. The lowest BCUT2D eigenvalue weighted by atomic mass is 10.1. The molecule has 0 aliphatic heterocycles. The lowest BCUT2D eigenvalue weighted by Gasteiger charge is -2.13. The maximum Gasteiger partial charge on any atom is 0.146 e. The highest BCUT2D eigenvalue weighted by atomic mass is 79.9. The minimum absolute atomic E-state index is 0.0430. The van der Waals surface area contributed by atoms with Gasteiger partial charge in [-0.25, -0.2) is 0 Å². The van der Waals surface area contributed by atoms with E-state index in [9.17, 15) is 0 Å². The van der Waals surface area contributed by atoms with Crippen molar-refractivity contribution in [3.63, 3.8) is 0 Å². The van der Waals surface area contributed by atoms with E-state index in [1.54, 1.807) is 18.5 Å². The van der Waals surface area contributed by atoms with Crippen molar-refractivity contribution in [3.8, 4) is 11.5 Å². The molecule has 100 valence electrons. The Morgan fingerprint density at radius 1 is 1.37 bits per heavy atom. The zero-order valence-electron chi connectivity index (χ0n) is 10.4. The molecular weight excluding hydrogens is 328 g/mol. The van der Waals surface area contributed by atoms with Gasteiger partial charge in [0.1, 0.15) is 11.5 Å². The van der Waals surface area contributed by atoms with Crippen LogP contribution >= 0.6 is 27.5 Å². The summed E-state index contributed by atoms with van der Waals surface area (Å²) in [6.45, 7) is 1.95. The molecule has 1 aromatic heterocycles. The van der Waals surface area contributed by atoms with Gasteiger partial charge in [-0.3, -0.25) is 4.98 Å². The van der Waals surface area contributed by atoms with Crippen molar-refractivity contribution < 1.29 is 4.74 Å². The highest BCUT2D eigenvalue weighted by Crippen LogP contribution is 2.29. The number of hydrogen-bond acceptors (Lipinski definition) is 3. The second kappa shape index (κ2) is 6.37. The predicted octanol–water partition coefficient (Wildman–Crippen LogP) is 4.18. The Morgan fingerprint density at radius 3 is 2.84 bits per heavy atom. The van der Waals surface area contributed by atoms with Crippen molar-refractivity contribution in [2.75, 3.05) is 0 Å². The average Bonchev–Trinajstić information content (AvgIpc) is 2.32. The molecule has 3 nitrogen and oxygen atoms in total. The quantitative estimate of drug-likeness (QED) is 0.907. The molecule has 0 amide bonds. The summed E-state index contributed by atoms with van der Waals surface area (Å²) in [5, 5.41) is 0.676. The average molecular weight is 342 g/mol. The first-order chi connectivity index (χ1) is 9.04. The number of nitrogens with two attached hydrogens (primary N) is 1. The summed E-state index contributed by atoms with van der Waals surface area (Å²) in [5.41, 5.74) is 6.83. The Labute approximate surface area is 125 Å². The molecule has 1 unspecified atom stereocenters. The fraction of sp³-hybridized carbons (Fsp3) is 0.214. The number of ether oxygens (including phenoxy) is 1. The minimum atomic E-state index is 0.0430. The van der Waals surface area contributed by atoms with Gasteiger partial charge in [0.15, 0.2) is 0 Å². The molecule has 2 aromatic rings. The van der Waals surface area contributed by atoms with Gasteiger partial charge in [0.2, 0.25) is 0 Å². The van der Waals surface area contributed by atoms with Crippen LogP contribution in [0.5, 0.6) is 11.5 Å². The van der Waals surface area contributed by atoms with Gasteiger partial charge in [-0.1, -0.05) is 11.6 Å². The smallest absolute Gasteiger partial charge is 0.146 e. The molecule has 0 aliphatic carbocycles. The van der Waals surface area contributed by atoms with Crippen molar-refractivity contribution in [2.24, 2.45) is 5.73 Å². The fourth-order valence-corrected chi connectivity index (χ4v) is 2.27. The Bertz CT molecular complexity index is 575. The maximum atomic E-state index is 6.01. The van der Waals surface area contributed by atoms with Crippen molar-refractivity contribution in [1.82, 2.24) is 4.98 Å². The fourth-order valence-electron chi connectivity index (χ4n) is 1.73. The van der Waals surface area contributed by atoms with Crippen LogP contribution in [0.2, 0.25) is 5.02 Å². The second-order valence-electron chi connectivity index (χ2n) is 4.37. The molecule has 0 spiro atoms. The van der Waals surface area contributed by atoms with E-state index in [0.717, 1.165) is 15.8 Å². The van der Waals surface area contributed by atoms with E-state index in [-0.39, 0.29) is 6.04 Å². The van der Waals surface area contributed by atoms with Crippen LogP contribution in [0.15, 0.2) is 41.1 Å². The third kappa shape index (κ3) is 4.20. The molecule has 5 heteroatoms. The lowest BCUT2D eigenvalue weighted by molar-refractivity contribution is 0.471. The van der Waals surface area contributed by atoms with Crippen molar-refractivity contribution >= 4 is 27.5 Å². The number of nitrogens with zero attached hydrogens (tertiary/aromatic N) is 1. The van der Waals surface area contributed by atoms with Crippen molar-refractivity contribution in [2.45, 2.75) is 19.4 Å². The number of hydrogen-bond donors (Lipinski definition) is 1. The van der Waals surface area contributed by atoms with E-state index in [1.807, 2.05) is 25.1 Å². The van der Waals surface area contributed by atoms with E-state index >= 15 is 0 Å². The first-order valence-corrected chi connectivity index (χ1v) is 7.04.